The fourth-order valence-corrected chi connectivity index (χ4v) is 1.09. The molecule has 0 aliphatic carbocycles. The van der Waals surface area contributed by atoms with Crippen LogP contribution in [0.5, 0.6) is 0 Å². The smallest absolute Gasteiger partial charge is 0.408 e. The lowest BCUT2D eigenvalue weighted by atomic mass is 10.2. The normalized spacial score (nSPS) is 13.4. The molecule has 5 nitrogen and oxygen atoms in total. The van der Waals surface area contributed by atoms with Crippen molar-refractivity contribution in [3.63, 3.8) is 0 Å². The first-order valence-electron chi connectivity index (χ1n) is 5.19. The van der Waals surface area contributed by atoms with Crippen molar-refractivity contribution >= 4 is 23.7 Å². The van der Waals surface area contributed by atoms with E-state index in [4.69, 9.17) is 21.4 Å². The Morgan fingerprint density at radius 1 is 1.41 bits per heavy atom. The van der Waals surface area contributed by atoms with E-state index in [2.05, 4.69) is 5.32 Å². The van der Waals surface area contributed by atoms with Crippen LogP contribution in [0.3, 0.4) is 0 Å². The summed E-state index contributed by atoms with van der Waals surface area (Å²) in [5.74, 6) is -0.811. The lowest BCUT2D eigenvalue weighted by molar-refractivity contribution is -0.139. The van der Waals surface area contributed by atoms with E-state index in [-0.39, 0.29) is 6.42 Å². The van der Waals surface area contributed by atoms with Crippen molar-refractivity contribution in [3.05, 3.63) is 12.2 Å². The highest BCUT2D eigenvalue weighted by molar-refractivity contribution is 6.18. The SMILES string of the molecule is CC(C)(C)OC(=O)NC(C/C=C/CCl)C(=O)O. The Labute approximate surface area is 106 Å². The molecule has 0 bridgehead atoms. The molecule has 17 heavy (non-hydrogen) atoms. The summed E-state index contributed by atoms with van der Waals surface area (Å²) in [6, 6.07) is -1.01. The van der Waals surface area contributed by atoms with Crippen molar-refractivity contribution in [3.8, 4) is 0 Å². The Morgan fingerprint density at radius 2 is 2.00 bits per heavy atom. The van der Waals surface area contributed by atoms with E-state index in [1.165, 1.54) is 0 Å². The number of carbonyl (C=O) groups is 2. The summed E-state index contributed by atoms with van der Waals surface area (Å²) in [7, 11) is 0. The van der Waals surface area contributed by atoms with Gasteiger partial charge < -0.3 is 15.2 Å². The number of carboxylic acids is 1. The van der Waals surface area contributed by atoms with Gasteiger partial charge in [-0.25, -0.2) is 9.59 Å². The maximum absolute atomic E-state index is 11.4. The quantitative estimate of drug-likeness (QED) is 0.589. The summed E-state index contributed by atoms with van der Waals surface area (Å²) in [5, 5.41) is 11.2. The summed E-state index contributed by atoms with van der Waals surface area (Å²) < 4.78 is 4.96. The van der Waals surface area contributed by atoms with E-state index >= 15 is 0 Å². The van der Waals surface area contributed by atoms with Crippen molar-refractivity contribution in [1.29, 1.82) is 0 Å². The average Bonchev–Trinajstić information content (AvgIpc) is 2.13. The van der Waals surface area contributed by atoms with E-state index in [0.717, 1.165) is 0 Å². The third-order valence-electron chi connectivity index (χ3n) is 1.62. The number of hydrogen-bond acceptors (Lipinski definition) is 3. The molecule has 0 heterocycles. The molecule has 0 aromatic rings. The summed E-state index contributed by atoms with van der Waals surface area (Å²) in [6.45, 7) is 5.11. The van der Waals surface area contributed by atoms with Crippen LogP contribution < -0.4 is 5.32 Å². The maximum atomic E-state index is 11.4. The molecule has 0 rings (SSSR count). The summed E-state index contributed by atoms with van der Waals surface area (Å²) in [6.07, 6.45) is 2.64. The van der Waals surface area contributed by atoms with Gasteiger partial charge in [-0.2, -0.15) is 0 Å². The van der Waals surface area contributed by atoms with E-state index in [1.807, 2.05) is 0 Å². The predicted octanol–water partition coefficient (Wildman–Crippen LogP) is 2.15. The molecular formula is C11H18ClNO4. The highest BCUT2D eigenvalue weighted by atomic mass is 35.5. The monoisotopic (exact) mass is 263 g/mol. The number of alkyl halides is 1. The molecule has 2 N–H and O–H groups in total. The second-order valence-corrected chi connectivity index (χ2v) is 4.71. The van der Waals surface area contributed by atoms with Gasteiger partial charge in [-0.05, 0) is 27.2 Å². The van der Waals surface area contributed by atoms with Crippen LogP contribution in [0.1, 0.15) is 27.2 Å². The van der Waals surface area contributed by atoms with Gasteiger partial charge in [0.1, 0.15) is 11.6 Å². The number of nitrogens with one attached hydrogen (secondary N) is 1. The lowest BCUT2D eigenvalue weighted by Gasteiger charge is -2.21. The minimum Gasteiger partial charge on any atom is -0.480 e. The Balaban J connectivity index is 4.30. The van der Waals surface area contributed by atoms with Crippen molar-refractivity contribution in [2.24, 2.45) is 0 Å². The van der Waals surface area contributed by atoms with E-state index in [1.54, 1.807) is 32.9 Å². The summed E-state index contributed by atoms with van der Waals surface area (Å²) in [5.41, 5.74) is -0.654. The predicted molar refractivity (Wildman–Crippen MR) is 65.3 cm³/mol. The molecule has 0 spiro atoms. The van der Waals surface area contributed by atoms with Crippen LogP contribution in [-0.4, -0.2) is 34.7 Å². The summed E-state index contributed by atoms with van der Waals surface area (Å²) in [4.78, 5) is 22.2. The molecule has 0 saturated heterocycles. The lowest BCUT2D eigenvalue weighted by Crippen LogP contribution is -2.43. The number of carbonyl (C=O) groups excluding carboxylic acids is 1. The molecule has 0 aliphatic rings. The number of allylic oxidation sites excluding steroid dienone is 1. The number of amides is 1. The van der Waals surface area contributed by atoms with Gasteiger partial charge in [-0.1, -0.05) is 12.2 Å². The minimum absolute atomic E-state index is 0.168. The molecule has 0 saturated carbocycles. The molecule has 0 aromatic carbocycles. The van der Waals surface area contributed by atoms with Crippen molar-refractivity contribution < 1.29 is 19.4 Å². The number of carboxylic acid groups (broad SMARTS) is 1. The van der Waals surface area contributed by atoms with Crippen LogP contribution in [0, 0.1) is 0 Å². The van der Waals surface area contributed by atoms with Crippen LogP contribution in [0.25, 0.3) is 0 Å². The van der Waals surface area contributed by atoms with Gasteiger partial charge in [0.25, 0.3) is 0 Å². The second-order valence-electron chi connectivity index (χ2n) is 4.40. The van der Waals surface area contributed by atoms with Gasteiger partial charge in [0, 0.05) is 5.88 Å². The molecule has 98 valence electrons. The van der Waals surface area contributed by atoms with Gasteiger partial charge in [0.05, 0.1) is 0 Å². The molecule has 0 aliphatic heterocycles. The Hall–Kier alpha value is -1.23. The van der Waals surface area contributed by atoms with Crippen molar-refractivity contribution in [2.45, 2.75) is 38.8 Å². The topological polar surface area (TPSA) is 75.6 Å². The van der Waals surface area contributed by atoms with Crippen LogP contribution in [0.15, 0.2) is 12.2 Å². The van der Waals surface area contributed by atoms with E-state index < -0.39 is 23.7 Å². The molecule has 0 fully saturated rings. The first-order chi connectivity index (χ1) is 7.76. The van der Waals surface area contributed by atoms with Gasteiger partial charge in [-0.3, -0.25) is 0 Å². The van der Waals surface area contributed by atoms with Crippen LogP contribution >= 0.6 is 11.6 Å². The molecule has 1 unspecified atom stereocenters. The second kappa shape index (κ2) is 7.17. The molecule has 1 atom stereocenters. The van der Waals surface area contributed by atoms with Crippen molar-refractivity contribution in [2.75, 3.05) is 5.88 Å². The molecule has 0 aromatic heterocycles. The number of alkyl carbamates (subject to hydrolysis) is 1. The first-order valence-corrected chi connectivity index (χ1v) is 5.73. The van der Waals surface area contributed by atoms with Gasteiger partial charge in [0.2, 0.25) is 0 Å². The number of ether oxygens (including phenoxy) is 1. The number of halogens is 1. The Morgan fingerprint density at radius 3 is 2.41 bits per heavy atom. The molecular weight excluding hydrogens is 246 g/mol. The molecule has 1 amide bonds. The largest absolute Gasteiger partial charge is 0.480 e. The van der Waals surface area contributed by atoms with E-state index in [9.17, 15) is 9.59 Å². The Bertz CT molecular complexity index is 296. The summed E-state index contributed by atoms with van der Waals surface area (Å²) >= 11 is 5.41. The van der Waals surface area contributed by atoms with Gasteiger partial charge >= 0.3 is 12.1 Å². The zero-order valence-corrected chi connectivity index (χ0v) is 11.0. The molecule has 6 heteroatoms. The van der Waals surface area contributed by atoms with Crippen molar-refractivity contribution in [1.82, 2.24) is 5.32 Å². The number of hydrogen-bond donors (Lipinski definition) is 2. The van der Waals surface area contributed by atoms with Gasteiger partial charge in [0.15, 0.2) is 0 Å². The fourth-order valence-electron chi connectivity index (χ4n) is 0.967. The highest BCUT2D eigenvalue weighted by Gasteiger charge is 2.22. The zero-order valence-electron chi connectivity index (χ0n) is 10.2. The maximum Gasteiger partial charge on any atom is 0.408 e. The Kier molecular flexibility index (Phi) is 6.65. The van der Waals surface area contributed by atoms with Crippen LogP contribution in [0.4, 0.5) is 4.79 Å². The number of aliphatic carboxylic acids is 1. The zero-order chi connectivity index (χ0) is 13.5. The number of rotatable bonds is 5. The minimum atomic E-state index is -1.12. The van der Waals surface area contributed by atoms with Crippen LogP contribution in [-0.2, 0) is 9.53 Å². The fraction of sp³-hybridized carbons (Fsp3) is 0.636. The van der Waals surface area contributed by atoms with E-state index in [0.29, 0.717) is 5.88 Å². The average molecular weight is 264 g/mol. The third kappa shape index (κ3) is 8.56. The highest BCUT2D eigenvalue weighted by Crippen LogP contribution is 2.07. The molecule has 0 radical (unpaired) electrons. The first kappa shape index (κ1) is 15.8. The third-order valence-corrected chi connectivity index (χ3v) is 1.79. The van der Waals surface area contributed by atoms with Crippen LogP contribution in [0.2, 0.25) is 0 Å². The standard InChI is InChI=1S/C11H18ClNO4/c1-11(2,3)17-10(16)13-8(9(14)15)6-4-5-7-12/h4-5,8H,6-7H2,1-3H3,(H,13,16)(H,14,15)/b5-4+. The van der Waals surface area contributed by atoms with Gasteiger partial charge in [-0.15, -0.1) is 11.6 Å².